The van der Waals surface area contributed by atoms with Gasteiger partial charge in [0.25, 0.3) is 5.91 Å². The highest BCUT2D eigenvalue weighted by atomic mass is 16.1. The number of carbonyl (C=O) groups is 1. The molecule has 0 atom stereocenters. The lowest BCUT2D eigenvalue weighted by atomic mass is 10.2. The van der Waals surface area contributed by atoms with Crippen LogP contribution in [0.2, 0.25) is 0 Å². The molecule has 1 amide bonds. The number of aliphatic imine (C=N–C) groups is 1. The number of nitrogens with two attached hydrogens (primary N) is 1. The molecule has 3 nitrogen and oxygen atoms in total. The molecule has 1 heterocycles. The van der Waals surface area contributed by atoms with Crippen LogP contribution in [-0.4, -0.2) is 12.1 Å². The second-order valence-electron chi connectivity index (χ2n) is 1.65. The Morgan fingerprint density at radius 2 is 2.50 bits per heavy atom. The lowest BCUT2D eigenvalue weighted by molar-refractivity contribution is -0.114. The Kier molecular flexibility index (Phi) is 0.901. The molecule has 3 heteroatoms. The first-order valence-electron chi connectivity index (χ1n) is 2.26. The van der Waals surface area contributed by atoms with Crippen LogP contribution in [0.5, 0.6) is 0 Å². The highest BCUT2D eigenvalue weighted by molar-refractivity contribution is 6.05. The van der Waals surface area contributed by atoms with E-state index in [0.717, 1.165) is 5.57 Å². The molecule has 0 bridgehead atoms. The van der Waals surface area contributed by atoms with Crippen molar-refractivity contribution in [3.63, 3.8) is 0 Å². The van der Waals surface area contributed by atoms with E-state index < -0.39 is 5.91 Å². The molecule has 0 fully saturated rings. The molecule has 1 aliphatic heterocycles. The third-order valence-electron chi connectivity index (χ3n) is 0.994. The minimum absolute atomic E-state index is 0.407. The Hall–Kier alpha value is -1.12. The molecule has 0 saturated heterocycles. The van der Waals surface area contributed by atoms with Crippen molar-refractivity contribution in [3.05, 3.63) is 11.3 Å². The van der Waals surface area contributed by atoms with Gasteiger partial charge >= 0.3 is 0 Å². The molecule has 8 heavy (non-hydrogen) atoms. The maximum atomic E-state index is 10.2. The van der Waals surface area contributed by atoms with Gasteiger partial charge in [-0.25, -0.2) is 0 Å². The summed E-state index contributed by atoms with van der Waals surface area (Å²) in [6.07, 6.45) is 1.61. The highest BCUT2D eigenvalue weighted by Gasteiger charge is 2.11. The molecule has 0 radical (unpaired) electrons. The van der Waals surface area contributed by atoms with Crippen molar-refractivity contribution in [1.29, 1.82) is 0 Å². The summed E-state index contributed by atoms with van der Waals surface area (Å²) in [7, 11) is 0. The lowest BCUT2D eigenvalue weighted by Crippen LogP contribution is -2.18. The number of amides is 1. The Morgan fingerprint density at radius 1 is 1.88 bits per heavy atom. The summed E-state index contributed by atoms with van der Waals surface area (Å²) in [5.41, 5.74) is 6.16. The Balaban J connectivity index is 2.76. The summed E-state index contributed by atoms with van der Waals surface area (Å²) >= 11 is 0. The molecule has 1 aliphatic rings. The second kappa shape index (κ2) is 1.43. The maximum absolute atomic E-state index is 10.2. The van der Waals surface area contributed by atoms with Gasteiger partial charge in [0.05, 0.1) is 0 Å². The lowest BCUT2D eigenvalue weighted by Gasteiger charge is -2.05. The van der Waals surface area contributed by atoms with Crippen LogP contribution >= 0.6 is 0 Å². The number of hydrogen-bond acceptors (Lipinski definition) is 2. The average Bonchev–Trinajstić information content (AvgIpc) is 1.61. The second-order valence-corrected chi connectivity index (χ2v) is 1.65. The topological polar surface area (TPSA) is 55.5 Å². The minimum Gasteiger partial charge on any atom is -0.364 e. The van der Waals surface area contributed by atoms with Gasteiger partial charge in [-0.1, -0.05) is 0 Å². The molecule has 1 rings (SSSR count). The van der Waals surface area contributed by atoms with Gasteiger partial charge in [0.1, 0.15) is 5.70 Å². The van der Waals surface area contributed by atoms with E-state index in [9.17, 15) is 4.79 Å². The smallest absolute Gasteiger partial charge is 0.267 e. The monoisotopic (exact) mass is 110 g/mol. The van der Waals surface area contributed by atoms with Gasteiger partial charge in [-0.15, -0.1) is 0 Å². The fraction of sp³-hybridized carbons (Fsp3) is 0.200. The van der Waals surface area contributed by atoms with Crippen molar-refractivity contribution >= 4 is 12.1 Å². The molecule has 2 N–H and O–H groups in total. The van der Waals surface area contributed by atoms with E-state index in [2.05, 4.69) is 4.99 Å². The maximum Gasteiger partial charge on any atom is 0.267 e. The number of carbonyl (C=O) groups excluding carboxylic acids is 1. The quantitative estimate of drug-likeness (QED) is 0.500. The summed E-state index contributed by atoms with van der Waals surface area (Å²) in [6, 6.07) is 0. The molecule has 0 saturated carbocycles. The summed E-state index contributed by atoms with van der Waals surface area (Å²) in [5.74, 6) is -0.440. The van der Waals surface area contributed by atoms with Crippen molar-refractivity contribution in [2.24, 2.45) is 10.7 Å². The molecule has 0 aromatic heterocycles. The largest absolute Gasteiger partial charge is 0.364 e. The molecule has 0 aromatic rings. The Labute approximate surface area is 46.9 Å². The first kappa shape index (κ1) is 5.03. The molecular weight excluding hydrogens is 104 g/mol. The van der Waals surface area contributed by atoms with E-state index in [-0.39, 0.29) is 0 Å². The van der Waals surface area contributed by atoms with Crippen LogP contribution in [0.3, 0.4) is 0 Å². The van der Waals surface area contributed by atoms with E-state index in [4.69, 9.17) is 5.73 Å². The Morgan fingerprint density at radius 3 is 2.50 bits per heavy atom. The zero-order valence-corrected chi connectivity index (χ0v) is 4.51. The van der Waals surface area contributed by atoms with Crippen LogP contribution in [0.25, 0.3) is 0 Å². The Bertz CT molecular complexity index is 191. The predicted molar refractivity (Wildman–Crippen MR) is 30.4 cm³/mol. The van der Waals surface area contributed by atoms with Crippen LogP contribution < -0.4 is 5.73 Å². The van der Waals surface area contributed by atoms with Crippen molar-refractivity contribution in [1.82, 2.24) is 0 Å². The van der Waals surface area contributed by atoms with E-state index >= 15 is 0 Å². The molecule has 0 aromatic carbocycles. The molecule has 0 aliphatic carbocycles. The van der Waals surface area contributed by atoms with Crippen molar-refractivity contribution < 1.29 is 4.79 Å². The number of nitrogens with zero attached hydrogens (tertiary/aromatic N) is 1. The van der Waals surface area contributed by atoms with E-state index in [1.807, 2.05) is 0 Å². The summed E-state index contributed by atoms with van der Waals surface area (Å²) in [5, 5.41) is 0. The van der Waals surface area contributed by atoms with Gasteiger partial charge < -0.3 is 5.73 Å². The first-order valence-corrected chi connectivity index (χ1v) is 2.26. The number of primary amides is 1. The van der Waals surface area contributed by atoms with Crippen LogP contribution in [0.15, 0.2) is 16.3 Å². The van der Waals surface area contributed by atoms with Crippen molar-refractivity contribution in [2.45, 2.75) is 6.92 Å². The van der Waals surface area contributed by atoms with E-state index in [1.54, 1.807) is 13.1 Å². The third kappa shape index (κ3) is 0.521. The van der Waals surface area contributed by atoms with Gasteiger partial charge in [0.15, 0.2) is 0 Å². The van der Waals surface area contributed by atoms with Gasteiger partial charge in [-0.05, 0) is 12.5 Å². The third-order valence-corrected chi connectivity index (χ3v) is 0.994. The summed E-state index contributed by atoms with van der Waals surface area (Å²) in [6.45, 7) is 1.80. The zero-order chi connectivity index (χ0) is 6.15. The highest BCUT2D eigenvalue weighted by Crippen LogP contribution is 2.10. The standard InChI is InChI=1S/C5H6N2O/c1-3-2-7-4(3)5(6)8/h2H,1H3,(H2,6,8). The molecule has 0 unspecified atom stereocenters. The van der Waals surface area contributed by atoms with E-state index in [1.165, 1.54) is 0 Å². The number of allylic oxidation sites excluding steroid dienone is 1. The molecule has 42 valence electrons. The van der Waals surface area contributed by atoms with Gasteiger partial charge in [-0.2, -0.15) is 0 Å². The minimum atomic E-state index is -0.440. The average molecular weight is 110 g/mol. The molecular formula is C5H6N2O. The fourth-order valence-corrected chi connectivity index (χ4v) is 0.516. The predicted octanol–water partition coefficient (Wildman–Crippen LogP) is -0.170. The summed E-state index contributed by atoms with van der Waals surface area (Å²) in [4.78, 5) is 13.9. The van der Waals surface area contributed by atoms with Crippen LogP contribution in [0, 0.1) is 0 Å². The van der Waals surface area contributed by atoms with Gasteiger partial charge in [-0.3, -0.25) is 9.79 Å². The fourth-order valence-electron chi connectivity index (χ4n) is 0.516. The zero-order valence-electron chi connectivity index (χ0n) is 4.51. The van der Waals surface area contributed by atoms with E-state index in [0.29, 0.717) is 5.70 Å². The van der Waals surface area contributed by atoms with Crippen LogP contribution in [0.1, 0.15) is 6.92 Å². The van der Waals surface area contributed by atoms with Crippen molar-refractivity contribution in [2.75, 3.05) is 0 Å². The van der Waals surface area contributed by atoms with Crippen molar-refractivity contribution in [3.8, 4) is 0 Å². The number of hydrogen-bond donors (Lipinski definition) is 1. The van der Waals surface area contributed by atoms with Gasteiger partial charge in [0.2, 0.25) is 0 Å². The van der Waals surface area contributed by atoms with Gasteiger partial charge in [0, 0.05) is 6.21 Å². The SMILES string of the molecule is CC1=C(C(N)=O)N=C1. The molecule has 0 spiro atoms. The van der Waals surface area contributed by atoms with Crippen LogP contribution in [-0.2, 0) is 4.79 Å². The van der Waals surface area contributed by atoms with Crippen LogP contribution in [0.4, 0.5) is 0 Å². The summed E-state index contributed by atoms with van der Waals surface area (Å²) < 4.78 is 0. The first-order chi connectivity index (χ1) is 3.72. The normalized spacial score (nSPS) is 16.1. The number of rotatable bonds is 1.